The van der Waals surface area contributed by atoms with E-state index in [-0.39, 0.29) is 12.1 Å². The number of hydrogen-bond donors (Lipinski definition) is 6. The second-order valence-electron chi connectivity index (χ2n) is 6.55. The average Bonchev–Trinajstić information content (AvgIpc) is 2.67. The third-order valence-electron chi connectivity index (χ3n) is 4.56. The smallest absolute Gasteiger partial charge is 0.338 e. The Hall–Kier alpha value is -4.19. The number of hydrogen-bond acceptors (Lipinski definition) is 9. The second-order valence-corrected chi connectivity index (χ2v) is 9.33. The topological polar surface area (TPSA) is 271 Å². The van der Waals surface area contributed by atoms with E-state index >= 15 is 0 Å². The zero-order chi connectivity index (χ0) is 25.9. The molecule has 0 spiro atoms. The Labute approximate surface area is 187 Å². The number of nitrogens with zero attached hydrogens (tertiary/aromatic N) is 1. The van der Waals surface area contributed by atoms with Gasteiger partial charge in [0.05, 0.1) is 22.2 Å². The van der Waals surface area contributed by atoms with Gasteiger partial charge < -0.3 is 20.4 Å². The summed E-state index contributed by atoms with van der Waals surface area (Å²) in [6.07, 6.45) is 0. The van der Waals surface area contributed by atoms with Gasteiger partial charge in [-0.05, 0) is 18.2 Å². The number of pyridine rings is 1. The standard InChI is InChI=1S/C17H9NO14S2/c19-14(20)6-2-8(33(27,28)29)4-1-5-9(34(30,31)32)3-7(15(21)22)11(17(25)26)13(5)18-12(4)10(6)16(23)24/h1-3H,(H,19,20)(H,21,22)(H,23,24)(H,25,26)(H,27,28,29)(H,30,31,32). The maximum atomic E-state index is 11.9. The fourth-order valence-corrected chi connectivity index (χ4v) is 4.68. The van der Waals surface area contributed by atoms with Crippen LogP contribution in [0.1, 0.15) is 41.4 Å². The Kier molecular flexibility index (Phi) is 5.53. The van der Waals surface area contributed by atoms with Gasteiger partial charge in [-0.15, -0.1) is 0 Å². The second kappa shape index (κ2) is 7.70. The number of carboxylic acid groups (broad SMARTS) is 4. The van der Waals surface area contributed by atoms with Crippen molar-refractivity contribution >= 4 is 65.9 Å². The van der Waals surface area contributed by atoms with Gasteiger partial charge in [0.25, 0.3) is 20.2 Å². The Morgan fingerprint density at radius 3 is 1.15 bits per heavy atom. The number of aromatic nitrogens is 1. The average molecular weight is 515 g/mol. The number of carbonyl (C=O) groups is 4. The molecule has 0 aliphatic carbocycles. The minimum absolute atomic E-state index is 0.258. The fourth-order valence-electron chi connectivity index (χ4n) is 3.28. The van der Waals surface area contributed by atoms with Crippen LogP contribution in [0.25, 0.3) is 21.8 Å². The van der Waals surface area contributed by atoms with Gasteiger partial charge in [-0.25, -0.2) is 24.2 Å². The van der Waals surface area contributed by atoms with Gasteiger partial charge in [-0.3, -0.25) is 9.11 Å². The maximum Gasteiger partial charge on any atom is 0.338 e. The van der Waals surface area contributed by atoms with Crippen molar-refractivity contribution in [1.29, 1.82) is 0 Å². The van der Waals surface area contributed by atoms with Crippen LogP contribution in [0.4, 0.5) is 0 Å². The zero-order valence-electron chi connectivity index (χ0n) is 15.9. The summed E-state index contributed by atoms with van der Waals surface area (Å²) < 4.78 is 66.6. The Morgan fingerprint density at radius 2 is 0.912 bits per heavy atom. The maximum absolute atomic E-state index is 11.9. The van der Waals surface area contributed by atoms with Gasteiger partial charge in [0.2, 0.25) is 0 Å². The van der Waals surface area contributed by atoms with E-state index in [0.717, 1.165) is 0 Å². The molecule has 178 valence electrons. The summed E-state index contributed by atoms with van der Waals surface area (Å²) in [5.74, 6) is -7.94. The normalized spacial score (nSPS) is 12.1. The van der Waals surface area contributed by atoms with Crippen LogP contribution in [0, 0.1) is 0 Å². The van der Waals surface area contributed by atoms with Crippen LogP contribution in [0.15, 0.2) is 28.0 Å². The molecule has 0 aliphatic rings. The highest BCUT2D eigenvalue weighted by molar-refractivity contribution is 7.86. The zero-order valence-corrected chi connectivity index (χ0v) is 17.6. The van der Waals surface area contributed by atoms with Gasteiger partial charge in [0.15, 0.2) is 0 Å². The van der Waals surface area contributed by atoms with E-state index in [1.54, 1.807) is 0 Å². The highest BCUT2D eigenvalue weighted by atomic mass is 32.2. The van der Waals surface area contributed by atoms with Crippen molar-refractivity contribution in [2.24, 2.45) is 0 Å². The minimum atomic E-state index is -5.31. The van der Waals surface area contributed by atoms with Gasteiger partial charge in [-0.2, -0.15) is 16.8 Å². The first-order valence-corrected chi connectivity index (χ1v) is 11.2. The number of benzene rings is 2. The van der Waals surface area contributed by atoms with Crippen molar-refractivity contribution in [1.82, 2.24) is 4.98 Å². The van der Waals surface area contributed by atoms with Crippen molar-refractivity contribution in [3.8, 4) is 0 Å². The molecule has 0 fully saturated rings. The van der Waals surface area contributed by atoms with Crippen LogP contribution in [-0.4, -0.2) is 75.2 Å². The molecule has 0 amide bonds. The van der Waals surface area contributed by atoms with E-state index in [9.17, 15) is 65.5 Å². The molecular weight excluding hydrogens is 506 g/mol. The van der Waals surface area contributed by atoms with Crippen LogP contribution in [0.3, 0.4) is 0 Å². The number of rotatable bonds is 6. The summed E-state index contributed by atoms with van der Waals surface area (Å²) in [6.45, 7) is 0. The number of carboxylic acids is 4. The van der Waals surface area contributed by atoms with Crippen molar-refractivity contribution in [2.45, 2.75) is 9.79 Å². The lowest BCUT2D eigenvalue weighted by molar-refractivity contribution is 0.0652. The van der Waals surface area contributed by atoms with Crippen molar-refractivity contribution < 1.29 is 65.5 Å². The summed E-state index contributed by atoms with van der Waals surface area (Å²) in [7, 11) is -10.6. The number of fused-ring (bicyclic) bond motifs is 2. The number of aromatic carboxylic acids is 4. The molecule has 0 aliphatic heterocycles. The summed E-state index contributed by atoms with van der Waals surface area (Å²) in [5.41, 5.74) is -6.80. The minimum Gasteiger partial charge on any atom is -0.478 e. The molecule has 6 N–H and O–H groups in total. The molecule has 17 heteroatoms. The molecule has 0 radical (unpaired) electrons. The van der Waals surface area contributed by atoms with E-state index in [1.807, 2.05) is 0 Å². The lowest BCUT2D eigenvalue weighted by Crippen LogP contribution is -2.15. The van der Waals surface area contributed by atoms with Crippen LogP contribution in [-0.2, 0) is 20.2 Å². The molecule has 1 heterocycles. The molecule has 3 aromatic rings. The SMILES string of the molecule is O=C(O)c1cc(S(=O)(=O)O)c2cc3c(S(=O)(=O)O)cc(C(=O)O)c(C(=O)O)c3nc2c1C(=O)O. The van der Waals surface area contributed by atoms with Crippen molar-refractivity contribution in [2.75, 3.05) is 0 Å². The Balaban J connectivity index is 2.87. The molecule has 0 saturated carbocycles. The van der Waals surface area contributed by atoms with Gasteiger partial charge in [0, 0.05) is 10.8 Å². The monoisotopic (exact) mass is 515 g/mol. The van der Waals surface area contributed by atoms with E-state index in [0.29, 0.717) is 6.07 Å². The van der Waals surface area contributed by atoms with E-state index in [1.165, 1.54) is 0 Å². The van der Waals surface area contributed by atoms with Crippen molar-refractivity contribution in [3.05, 3.63) is 40.5 Å². The first-order valence-electron chi connectivity index (χ1n) is 8.33. The quantitative estimate of drug-likeness (QED) is 0.194. The molecule has 34 heavy (non-hydrogen) atoms. The first kappa shape index (κ1) is 24.5. The van der Waals surface area contributed by atoms with E-state index in [2.05, 4.69) is 4.98 Å². The molecule has 2 aromatic carbocycles. The van der Waals surface area contributed by atoms with Crippen LogP contribution in [0.2, 0.25) is 0 Å². The highest BCUT2D eigenvalue weighted by Gasteiger charge is 2.31. The summed E-state index contributed by atoms with van der Waals surface area (Å²) >= 11 is 0. The first-order chi connectivity index (χ1) is 15.5. The molecule has 0 bridgehead atoms. The molecule has 0 atom stereocenters. The van der Waals surface area contributed by atoms with Gasteiger partial charge >= 0.3 is 23.9 Å². The molecule has 15 nitrogen and oxygen atoms in total. The van der Waals surface area contributed by atoms with Crippen LogP contribution >= 0.6 is 0 Å². The van der Waals surface area contributed by atoms with Gasteiger partial charge in [0.1, 0.15) is 20.9 Å². The molecule has 3 rings (SSSR count). The predicted octanol–water partition coefficient (Wildman–Crippen LogP) is 0.674. The molecule has 1 aromatic heterocycles. The van der Waals surface area contributed by atoms with Gasteiger partial charge in [-0.1, -0.05) is 0 Å². The van der Waals surface area contributed by atoms with Crippen LogP contribution < -0.4 is 0 Å². The lowest BCUT2D eigenvalue weighted by Gasteiger charge is -2.14. The predicted molar refractivity (Wildman–Crippen MR) is 107 cm³/mol. The molecule has 0 unspecified atom stereocenters. The lowest BCUT2D eigenvalue weighted by atomic mass is 9.98. The third kappa shape index (κ3) is 3.88. The van der Waals surface area contributed by atoms with E-state index < -0.39 is 98.0 Å². The molecular formula is C17H9NO14S2. The summed E-state index contributed by atoms with van der Waals surface area (Å²) in [6, 6.07) is 1.03. The largest absolute Gasteiger partial charge is 0.478 e. The van der Waals surface area contributed by atoms with Crippen LogP contribution in [0.5, 0.6) is 0 Å². The van der Waals surface area contributed by atoms with E-state index in [4.69, 9.17) is 0 Å². The summed E-state index contributed by atoms with van der Waals surface area (Å²) in [5, 5.41) is 36.0. The summed E-state index contributed by atoms with van der Waals surface area (Å²) in [4.78, 5) is 47.9. The van der Waals surface area contributed by atoms with Crippen molar-refractivity contribution in [3.63, 3.8) is 0 Å². The highest BCUT2D eigenvalue weighted by Crippen LogP contribution is 2.36. The Morgan fingerprint density at radius 1 is 0.588 bits per heavy atom. The Bertz CT molecular complexity index is 1580. The fraction of sp³-hybridized carbons (Fsp3) is 0. The third-order valence-corrected chi connectivity index (χ3v) is 6.35. The molecule has 0 saturated heterocycles.